The summed E-state index contributed by atoms with van der Waals surface area (Å²) in [5.41, 5.74) is 0.683. The van der Waals surface area contributed by atoms with Crippen LogP contribution >= 0.6 is 22.9 Å². The molecule has 168 valence electrons. The Morgan fingerprint density at radius 1 is 1.25 bits per heavy atom. The fourth-order valence-corrected chi connectivity index (χ4v) is 5.35. The number of ether oxygens (including phenoxy) is 1. The summed E-state index contributed by atoms with van der Waals surface area (Å²) in [6.45, 7) is 2.20. The number of rotatable bonds is 9. The number of nitro groups is 1. The fourth-order valence-electron chi connectivity index (χ4n) is 2.68. The lowest BCUT2D eigenvalue weighted by molar-refractivity contribution is -0.384. The molecule has 0 radical (unpaired) electrons. The standard InChI is InChI=1S/C20H18ClN3O6S2/c1-13-11-14(21)4-9-17(13)30-10-2-3-18(25)23-20-22-12-19(31-20)32(28,29)16-7-5-15(6-8-16)24(26)27/h4-9,11-12H,2-3,10H2,1H3,(H,22,23,25). The molecule has 1 N–H and O–H groups in total. The number of sulfone groups is 1. The Labute approximate surface area is 193 Å². The molecular weight excluding hydrogens is 478 g/mol. The number of non-ortho nitro benzene ring substituents is 1. The maximum absolute atomic E-state index is 12.7. The number of hydrogen-bond acceptors (Lipinski definition) is 8. The molecule has 0 fully saturated rings. The van der Waals surface area contributed by atoms with Crippen molar-refractivity contribution in [2.75, 3.05) is 11.9 Å². The minimum Gasteiger partial charge on any atom is -0.493 e. The molecule has 0 saturated carbocycles. The van der Waals surface area contributed by atoms with E-state index in [0.29, 0.717) is 23.8 Å². The van der Waals surface area contributed by atoms with Crippen LogP contribution in [0, 0.1) is 17.0 Å². The highest BCUT2D eigenvalue weighted by Crippen LogP contribution is 2.29. The Hall–Kier alpha value is -3.02. The van der Waals surface area contributed by atoms with Crippen LogP contribution in [0.2, 0.25) is 5.02 Å². The van der Waals surface area contributed by atoms with Gasteiger partial charge in [-0.2, -0.15) is 0 Å². The molecule has 1 heterocycles. The van der Waals surface area contributed by atoms with E-state index in [1.165, 1.54) is 0 Å². The number of thiazole rings is 1. The van der Waals surface area contributed by atoms with Gasteiger partial charge in [-0.05, 0) is 49.2 Å². The van der Waals surface area contributed by atoms with Crippen LogP contribution in [-0.4, -0.2) is 30.8 Å². The number of nitrogens with one attached hydrogen (secondary N) is 1. The second-order valence-corrected chi connectivity index (χ2v) is 10.3. The molecule has 0 spiro atoms. The molecule has 1 amide bonds. The predicted octanol–water partition coefficient (Wildman–Crippen LogP) is 4.64. The van der Waals surface area contributed by atoms with Crippen LogP contribution < -0.4 is 10.1 Å². The van der Waals surface area contributed by atoms with E-state index in [2.05, 4.69) is 10.3 Å². The molecule has 12 heteroatoms. The van der Waals surface area contributed by atoms with Gasteiger partial charge in [0, 0.05) is 23.6 Å². The summed E-state index contributed by atoms with van der Waals surface area (Å²) in [4.78, 5) is 26.1. The number of aryl methyl sites for hydroxylation is 1. The third kappa shape index (κ3) is 5.81. The molecule has 0 saturated heterocycles. The lowest BCUT2D eigenvalue weighted by Gasteiger charge is -2.09. The number of nitro benzene ring substituents is 1. The highest BCUT2D eigenvalue weighted by molar-refractivity contribution is 7.93. The summed E-state index contributed by atoms with van der Waals surface area (Å²) in [6, 6.07) is 9.83. The Bertz CT molecular complexity index is 1240. The van der Waals surface area contributed by atoms with Gasteiger partial charge in [-0.25, -0.2) is 13.4 Å². The van der Waals surface area contributed by atoms with Crippen molar-refractivity contribution in [1.82, 2.24) is 4.98 Å². The van der Waals surface area contributed by atoms with Crippen molar-refractivity contribution in [2.45, 2.75) is 28.9 Å². The molecule has 0 aliphatic carbocycles. The van der Waals surface area contributed by atoms with Crippen molar-refractivity contribution in [3.05, 3.63) is 69.4 Å². The Morgan fingerprint density at radius 2 is 1.97 bits per heavy atom. The van der Waals surface area contributed by atoms with Gasteiger partial charge >= 0.3 is 0 Å². The molecule has 3 aromatic rings. The molecule has 9 nitrogen and oxygen atoms in total. The summed E-state index contributed by atoms with van der Waals surface area (Å²) < 4.78 is 30.9. The van der Waals surface area contributed by atoms with Crippen molar-refractivity contribution >= 4 is 49.5 Å². The summed E-state index contributed by atoms with van der Waals surface area (Å²) in [5.74, 6) is 0.367. The molecule has 0 atom stereocenters. The van der Waals surface area contributed by atoms with Gasteiger partial charge in [0.05, 0.1) is 22.6 Å². The molecule has 0 unspecified atom stereocenters. The topological polar surface area (TPSA) is 128 Å². The second-order valence-electron chi connectivity index (χ2n) is 6.65. The van der Waals surface area contributed by atoms with Crippen molar-refractivity contribution in [1.29, 1.82) is 0 Å². The van der Waals surface area contributed by atoms with Gasteiger partial charge in [0.1, 0.15) is 9.96 Å². The zero-order valence-corrected chi connectivity index (χ0v) is 19.2. The Morgan fingerprint density at radius 3 is 2.62 bits per heavy atom. The van der Waals surface area contributed by atoms with Gasteiger partial charge in [0.25, 0.3) is 5.69 Å². The lowest BCUT2D eigenvalue weighted by Crippen LogP contribution is -2.12. The van der Waals surface area contributed by atoms with Gasteiger partial charge < -0.3 is 10.1 Å². The average molecular weight is 496 g/mol. The van der Waals surface area contributed by atoms with Crippen molar-refractivity contribution in [3.8, 4) is 5.75 Å². The normalized spacial score (nSPS) is 11.2. The number of carbonyl (C=O) groups is 1. The van der Waals surface area contributed by atoms with Crippen LogP contribution in [0.4, 0.5) is 10.8 Å². The van der Waals surface area contributed by atoms with E-state index < -0.39 is 14.8 Å². The molecular formula is C20H18ClN3O6S2. The van der Waals surface area contributed by atoms with Gasteiger partial charge in [0.15, 0.2) is 5.13 Å². The third-order valence-corrected chi connectivity index (χ3v) is 7.67. The number of halogens is 1. The molecule has 0 bridgehead atoms. The number of benzene rings is 2. The highest BCUT2D eigenvalue weighted by atomic mass is 35.5. The summed E-state index contributed by atoms with van der Waals surface area (Å²) >= 11 is 6.71. The first-order valence-corrected chi connectivity index (χ1v) is 12.0. The zero-order valence-electron chi connectivity index (χ0n) is 16.8. The fraction of sp³-hybridized carbons (Fsp3) is 0.200. The Balaban J connectivity index is 1.53. The second kappa shape index (κ2) is 10.1. The summed E-state index contributed by atoms with van der Waals surface area (Å²) in [5, 5.41) is 14.1. The minimum absolute atomic E-state index is 0.0804. The highest BCUT2D eigenvalue weighted by Gasteiger charge is 2.22. The number of amides is 1. The maximum Gasteiger partial charge on any atom is 0.269 e. The van der Waals surface area contributed by atoms with Gasteiger partial charge in [-0.1, -0.05) is 22.9 Å². The first kappa shape index (κ1) is 23.6. The van der Waals surface area contributed by atoms with E-state index >= 15 is 0 Å². The predicted molar refractivity (Wildman–Crippen MR) is 120 cm³/mol. The van der Waals surface area contributed by atoms with Crippen molar-refractivity contribution in [2.24, 2.45) is 0 Å². The molecule has 0 aliphatic rings. The van der Waals surface area contributed by atoms with Crippen molar-refractivity contribution in [3.63, 3.8) is 0 Å². The van der Waals surface area contributed by atoms with Crippen LogP contribution in [0.3, 0.4) is 0 Å². The average Bonchev–Trinajstić information content (AvgIpc) is 3.22. The van der Waals surface area contributed by atoms with E-state index in [1.807, 2.05) is 6.92 Å². The quantitative estimate of drug-likeness (QED) is 0.260. The van der Waals surface area contributed by atoms with E-state index in [-0.39, 0.29) is 32.3 Å². The number of anilines is 1. The number of carbonyl (C=O) groups excluding carboxylic acids is 1. The first-order valence-electron chi connectivity index (χ1n) is 9.31. The number of hydrogen-bond donors (Lipinski definition) is 1. The monoisotopic (exact) mass is 495 g/mol. The molecule has 3 rings (SSSR count). The van der Waals surface area contributed by atoms with E-state index in [9.17, 15) is 23.3 Å². The zero-order chi connectivity index (χ0) is 23.3. The molecule has 2 aromatic carbocycles. The minimum atomic E-state index is -3.90. The van der Waals surface area contributed by atoms with E-state index in [0.717, 1.165) is 47.4 Å². The van der Waals surface area contributed by atoms with E-state index in [1.54, 1.807) is 18.2 Å². The van der Waals surface area contributed by atoms with Gasteiger partial charge in [-0.15, -0.1) is 0 Å². The van der Waals surface area contributed by atoms with Gasteiger partial charge in [-0.3, -0.25) is 14.9 Å². The summed E-state index contributed by atoms with van der Waals surface area (Å²) in [7, 11) is -3.90. The van der Waals surface area contributed by atoms with Crippen LogP contribution in [-0.2, 0) is 14.6 Å². The SMILES string of the molecule is Cc1cc(Cl)ccc1OCCCC(=O)Nc1ncc(S(=O)(=O)c2ccc([N+](=O)[O-])cc2)s1. The largest absolute Gasteiger partial charge is 0.493 e. The van der Waals surface area contributed by atoms with Crippen LogP contribution in [0.1, 0.15) is 18.4 Å². The lowest BCUT2D eigenvalue weighted by atomic mass is 10.2. The van der Waals surface area contributed by atoms with Crippen LogP contribution in [0.25, 0.3) is 0 Å². The molecule has 32 heavy (non-hydrogen) atoms. The van der Waals surface area contributed by atoms with Gasteiger partial charge in [0.2, 0.25) is 15.7 Å². The van der Waals surface area contributed by atoms with Crippen LogP contribution in [0.5, 0.6) is 5.75 Å². The maximum atomic E-state index is 12.7. The van der Waals surface area contributed by atoms with E-state index in [4.69, 9.17) is 16.3 Å². The smallest absolute Gasteiger partial charge is 0.269 e. The van der Waals surface area contributed by atoms with Crippen LogP contribution in [0.15, 0.2) is 57.8 Å². The molecule has 0 aliphatic heterocycles. The Kier molecular flexibility index (Phi) is 7.44. The third-order valence-electron chi connectivity index (χ3n) is 4.30. The number of aromatic nitrogens is 1. The summed E-state index contributed by atoms with van der Waals surface area (Å²) in [6.07, 6.45) is 1.76. The number of nitrogens with zero attached hydrogens (tertiary/aromatic N) is 2. The van der Waals surface area contributed by atoms with Crippen molar-refractivity contribution < 1.29 is 22.9 Å². The molecule has 1 aromatic heterocycles. The first-order chi connectivity index (χ1) is 15.2.